The molecule has 1 amide bonds. The second kappa shape index (κ2) is 7.01. The summed E-state index contributed by atoms with van der Waals surface area (Å²) in [5.74, 6) is 1.10. The number of ether oxygens (including phenoxy) is 1. The minimum absolute atomic E-state index is 0.0478. The maximum absolute atomic E-state index is 13.7. The molecule has 28 heavy (non-hydrogen) atoms. The van der Waals surface area contributed by atoms with Crippen molar-refractivity contribution in [2.45, 2.75) is 25.0 Å². The number of hydrogen-bond acceptors (Lipinski definition) is 6. The van der Waals surface area contributed by atoms with Gasteiger partial charge in [-0.05, 0) is 31.0 Å². The van der Waals surface area contributed by atoms with Gasteiger partial charge < -0.3 is 15.0 Å². The molecule has 1 saturated heterocycles. The van der Waals surface area contributed by atoms with E-state index in [-0.39, 0.29) is 29.8 Å². The Bertz CT molecular complexity index is 1000. The number of amides is 1. The molecule has 1 aliphatic heterocycles. The normalized spacial score (nSPS) is 21.8. The molecule has 144 valence electrons. The fraction of sp³-hybridized carbons (Fsp3) is 0.350. The highest BCUT2D eigenvalue weighted by molar-refractivity contribution is 7.16. The zero-order valence-electron chi connectivity index (χ0n) is 15.0. The summed E-state index contributed by atoms with van der Waals surface area (Å²) in [6, 6.07) is 8.81. The molecule has 2 fully saturated rings. The van der Waals surface area contributed by atoms with E-state index in [9.17, 15) is 9.18 Å². The number of thiazole rings is 1. The molecule has 1 aromatic carbocycles. The number of nitrogens with one attached hydrogen (secondary N) is 1. The first-order chi connectivity index (χ1) is 13.7. The molecule has 0 unspecified atom stereocenters. The summed E-state index contributed by atoms with van der Waals surface area (Å²) in [5, 5.41) is 3.10. The maximum Gasteiger partial charge on any atom is 0.223 e. The molecule has 3 heterocycles. The van der Waals surface area contributed by atoms with E-state index in [2.05, 4.69) is 20.2 Å². The molecular weight excluding hydrogens is 379 g/mol. The van der Waals surface area contributed by atoms with Gasteiger partial charge in [-0.15, -0.1) is 11.3 Å². The number of carbonyl (C=O) groups is 1. The zero-order valence-corrected chi connectivity index (χ0v) is 15.9. The lowest BCUT2D eigenvalue weighted by Crippen LogP contribution is -2.61. The van der Waals surface area contributed by atoms with Gasteiger partial charge in [0.15, 0.2) is 0 Å². The van der Waals surface area contributed by atoms with Crippen molar-refractivity contribution in [2.75, 3.05) is 18.0 Å². The van der Waals surface area contributed by atoms with Crippen molar-refractivity contribution in [3.8, 4) is 5.75 Å². The molecule has 1 saturated carbocycles. The quantitative estimate of drug-likeness (QED) is 0.716. The van der Waals surface area contributed by atoms with Gasteiger partial charge in [0.1, 0.15) is 29.0 Å². The van der Waals surface area contributed by atoms with Crippen molar-refractivity contribution in [2.24, 2.45) is 5.92 Å². The SMILES string of the molecule is O=C(NC1CN(c2ccccn2)C1)C1CC(Oc2cc(F)cc3scnc23)C1. The average molecular weight is 398 g/mol. The summed E-state index contributed by atoms with van der Waals surface area (Å²) in [6.45, 7) is 1.56. The minimum atomic E-state index is -0.331. The Labute approximate surface area is 165 Å². The fourth-order valence-corrected chi connectivity index (χ4v) is 4.38. The van der Waals surface area contributed by atoms with Gasteiger partial charge in [-0.2, -0.15) is 0 Å². The molecule has 1 aliphatic carbocycles. The third-order valence-electron chi connectivity index (χ3n) is 5.33. The van der Waals surface area contributed by atoms with Gasteiger partial charge in [-0.3, -0.25) is 4.79 Å². The minimum Gasteiger partial charge on any atom is -0.488 e. The van der Waals surface area contributed by atoms with Crippen LogP contribution in [0.2, 0.25) is 0 Å². The summed E-state index contributed by atoms with van der Waals surface area (Å²) in [5.41, 5.74) is 2.37. The summed E-state index contributed by atoms with van der Waals surface area (Å²) in [6.07, 6.45) is 2.98. The predicted molar refractivity (Wildman–Crippen MR) is 105 cm³/mol. The largest absolute Gasteiger partial charge is 0.488 e. The number of halogens is 1. The Kier molecular flexibility index (Phi) is 4.35. The number of pyridine rings is 1. The Hall–Kier alpha value is -2.74. The van der Waals surface area contributed by atoms with Crippen molar-refractivity contribution in [3.05, 3.63) is 47.9 Å². The summed E-state index contributed by atoms with van der Waals surface area (Å²) >= 11 is 1.38. The van der Waals surface area contributed by atoms with Crippen LogP contribution in [0, 0.1) is 11.7 Å². The van der Waals surface area contributed by atoms with Crippen LogP contribution in [0.15, 0.2) is 42.0 Å². The lowest BCUT2D eigenvalue weighted by molar-refractivity contribution is -0.131. The Balaban J connectivity index is 1.10. The number of fused-ring (bicyclic) bond motifs is 1. The van der Waals surface area contributed by atoms with Gasteiger partial charge in [-0.1, -0.05) is 6.07 Å². The van der Waals surface area contributed by atoms with Crippen LogP contribution < -0.4 is 15.0 Å². The Morgan fingerprint density at radius 2 is 2.11 bits per heavy atom. The van der Waals surface area contributed by atoms with Crippen LogP contribution in [0.1, 0.15) is 12.8 Å². The first-order valence-corrected chi connectivity index (χ1v) is 10.2. The van der Waals surface area contributed by atoms with E-state index in [0.29, 0.717) is 24.1 Å². The van der Waals surface area contributed by atoms with Crippen LogP contribution in [-0.2, 0) is 4.79 Å². The van der Waals surface area contributed by atoms with Crippen LogP contribution in [0.25, 0.3) is 10.2 Å². The van der Waals surface area contributed by atoms with Crippen molar-refractivity contribution < 1.29 is 13.9 Å². The van der Waals surface area contributed by atoms with E-state index < -0.39 is 0 Å². The number of benzene rings is 1. The van der Waals surface area contributed by atoms with Crippen LogP contribution in [0.3, 0.4) is 0 Å². The van der Waals surface area contributed by atoms with E-state index in [1.165, 1.54) is 23.5 Å². The molecule has 3 aromatic rings. The first-order valence-electron chi connectivity index (χ1n) is 9.31. The summed E-state index contributed by atoms with van der Waals surface area (Å²) in [7, 11) is 0. The highest BCUT2D eigenvalue weighted by Gasteiger charge is 2.39. The number of anilines is 1. The van der Waals surface area contributed by atoms with Gasteiger partial charge in [0.25, 0.3) is 0 Å². The highest BCUT2D eigenvalue weighted by Crippen LogP contribution is 2.35. The molecule has 0 spiro atoms. The molecule has 6 nitrogen and oxygen atoms in total. The highest BCUT2D eigenvalue weighted by atomic mass is 32.1. The van der Waals surface area contributed by atoms with Gasteiger partial charge in [0, 0.05) is 31.3 Å². The van der Waals surface area contributed by atoms with Crippen LogP contribution in [0.4, 0.5) is 10.2 Å². The molecule has 2 aromatic heterocycles. The molecule has 1 N–H and O–H groups in total. The van der Waals surface area contributed by atoms with Crippen LogP contribution in [-0.4, -0.2) is 41.1 Å². The number of aromatic nitrogens is 2. The topological polar surface area (TPSA) is 67.4 Å². The summed E-state index contributed by atoms with van der Waals surface area (Å²) in [4.78, 5) is 23.1. The van der Waals surface area contributed by atoms with E-state index >= 15 is 0 Å². The standard InChI is InChI=1S/C20H19FN4O2S/c21-13-7-16(19-17(8-13)28-11-23-19)27-15-5-12(6-15)20(26)24-14-9-25(10-14)18-3-1-2-4-22-18/h1-4,7-8,11-12,14-15H,5-6,9-10H2,(H,24,26). The van der Waals surface area contributed by atoms with Gasteiger partial charge in [-0.25, -0.2) is 14.4 Å². The van der Waals surface area contributed by atoms with E-state index in [1.807, 2.05) is 18.2 Å². The van der Waals surface area contributed by atoms with E-state index in [4.69, 9.17) is 4.74 Å². The molecule has 0 radical (unpaired) electrons. The second-order valence-electron chi connectivity index (χ2n) is 7.31. The number of nitrogens with zero attached hydrogens (tertiary/aromatic N) is 3. The molecule has 0 atom stereocenters. The molecule has 5 rings (SSSR count). The van der Waals surface area contributed by atoms with Crippen molar-refractivity contribution in [3.63, 3.8) is 0 Å². The Morgan fingerprint density at radius 1 is 1.25 bits per heavy atom. The fourth-order valence-electron chi connectivity index (χ4n) is 3.67. The third-order valence-corrected chi connectivity index (χ3v) is 6.10. The van der Waals surface area contributed by atoms with Crippen LogP contribution >= 0.6 is 11.3 Å². The molecule has 8 heteroatoms. The van der Waals surface area contributed by atoms with Crippen molar-refractivity contribution in [1.82, 2.24) is 15.3 Å². The monoisotopic (exact) mass is 398 g/mol. The predicted octanol–water partition coefficient (Wildman–Crippen LogP) is 2.99. The second-order valence-corrected chi connectivity index (χ2v) is 8.20. The van der Waals surface area contributed by atoms with Gasteiger partial charge >= 0.3 is 0 Å². The van der Waals surface area contributed by atoms with Crippen molar-refractivity contribution in [1.29, 1.82) is 0 Å². The van der Waals surface area contributed by atoms with Gasteiger partial charge in [0.05, 0.1) is 16.3 Å². The third kappa shape index (κ3) is 3.28. The number of carbonyl (C=O) groups excluding carboxylic acids is 1. The smallest absolute Gasteiger partial charge is 0.223 e. The maximum atomic E-state index is 13.7. The average Bonchev–Trinajstić information content (AvgIpc) is 3.09. The van der Waals surface area contributed by atoms with E-state index in [1.54, 1.807) is 11.7 Å². The number of rotatable bonds is 5. The lowest BCUT2D eigenvalue weighted by Gasteiger charge is -2.42. The van der Waals surface area contributed by atoms with Gasteiger partial charge in [0.2, 0.25) is 5.91 Å². The van der Waals surface area contributed by atoms with Crippen molar-refractivity contribution >= 4 is 33.3 Å². The van der Waals surface area contributed by atoms with Crippen LogP contribution in [0.5, 0.6) is 5.75 Å². The Morgan fingerprint density at radius 3 is 2.89 bits per heavy atom. The summed E-state index contributed by atoms with van der Waals surface area (Å²) < 4.78 is 20.4. The van der Waals surface area contributed by atoms with E-state index in [0.717, 1.165) is 23.6 Å². The molecule has 0 bridgehead atoms. The first kappa shape index (κ1) is 17.4. The molecular formula is C20H19FN4O2S. The lowest BCUT2D eigenvalue weighted by atomic mass is 9.81. The molecule has 2 aliphatic rings. The zero-order chi connectivity index (χ0) is 19.1. The number of hydrogen-bond donors (Lipinski definition) is 1.